The van der Waals surface area contributed by atoms with Gasteiger partial charge in [0.2, 0.25) is 18.6 Å². The molecule has 1 unspecified atom stereocenters. The molecule has 0 spiro atoms. The normalized spacial score (nSPS) is 20.4. The molecule has 1 atom stereocenters. The number of likely N-dealkylation sites (tertiary alicyclic amines) is 2. The molecule has 0 bridgehead atoms. The Morgan fingerprint density at radius 1 is 1.07 bits per heavy atom. The number of benzene rings is 1. The van der Waals surface area contributed by atoms with E-state index in [2.05, 4.69) is 5.32 Å². The summed E-state index contributed by atoms with van der Waals surface area (Å²) < 4.78 is 10.7. The van der Waals surface area contributed by atoms with Crippen molar-refractivity contribution in [1.82, 2.24) is 15.1 Å². The quantitative estimate of drug-likeness (QED) is 0.767. The number of piperidine rings is 1. The summed E-state index contributed by atoms with van der Waals surface area (Å²) in [6.07, 6.45) is 7.37. The number of fused-ring (bicyclic) bond motifs is 1. The maximum atomic E-state index is 12.5. The number of carbonyl (C=O) groups excluding carboxylic acids is 2. The number of hydrogen-bond donors (Lipinski definition) is 1. The lowest BCUT2D eigenvalue weighted by Gasteiger charge is -2.34. The number of nitrogens with zero attached hydrogens (tertiary/aromatic N) is 2. The molecule has 0 radical (unpaired) electrons. The van der Waals surface area contributed by atoms with E-state index in [0.717, 1.165) is 50.1 Å². The lowest BCUT2D eigenvalue weighted by Crippen LogP contribution is -2.51. The predicted octanol–water partition coefficient (Wildman–Crippen LogP) is 2.02. The summed E-state index contributed by atoms with van der Waals surface area (Å²) in [6.45, 7) is 5.36. The van der Waals surface area contributed by atoms with Gasteiger partial charge in [-0.1, -0.05) is 6.07 Å². The van der Waals surface area contributed by atoms with E-state index in [0.29, 0.717) is 18.8 Å². The van der Waals surface area contributed by atoms with Crippen LogP contribution in [0.15, 0.2) is 24.3 Å². The highest BCUT2D eigenvalue weighted by molar-refractivity contribution is 5.92. The van der Waals surface area contributed by atoms with Crippen molar-refractivity contribution in [3.05, 3.63) is 29.8 Å². The second-order valence-corrected chi connectivity index (χ2v) is 7.97. The molecular formula is C22H29N3O4. The summed E-state index contributed by atoms with van der Waals surface area (Å²) in [5.41, 5.74) is 0.911. The molecule has 1 aromatic carbocycles. The second-order valence-electron chi connectivity index (χ2n) is 7.97. The van der Waals surface area contributed by atoms with Crippen molar-refractivity contribution < 1.29 is 19.1 Å². The molecule has 2 amide bonds. The van der Waals surface area contributed by atoms with Crippen LogP contribution in [0, 0.1) is 0 Å². The van der Waals surface area contributed by atoms with Crippen LogP contribution in [0.1, 0.15) is 38.2 Å². The number of amides is 2. The van der Waals surface area contributed by atoms with Gasteiger partial charge in [-0.2, -0.15) is 0 Å². The third-order valence-corrected chi connectivity index (χ3v) is 5.90. The Morgan fingerprint density at radius 2 is 1.79 bits per heavy atom. The zero-order chi connectivity index (χ0) is 20.2. The minimum absolute atomic E-state index is 0.0160. The highest BCUT2D eigenvalue weighted by atomic mass is 16.7. The minimum atomic E-state index is -0.161. The zero-order valence-electron chi connectivity index (χ0n) is 16.9. The molecule has 0 saturated carbocycles. The van der Waals surface area contributed by atoms with Gasteiger partial charge in [-0.15, -0.1) is 0 Å². The first kappa shape index (κ1) is 19.8. The topological polar surface area (TPSA) is 71.1 Å². The maximum absolute atomic E-state index is 12.5. The van der Waals surface area contributed by atoms with Crippen molar-refractivity contribution in [1.29, 1.82) is 0 Å². The fourth-order valence-electron chi connectivity index (χ4n) is 4.19. The van der Waals surface area contributed by atoms with Crippen LogP contribution in [-0.2, 0) is 9.59 Å². The van der Waals surface area contributed by atoms with Gasteiger partial charge in [-0.05, 0) is 56.4 Å². The fourth-order valence-corrected chi connectivity index (χ4v) is 4.19. The van der Waals surface area contributed by atoms with Crippen molar-refractivity contribution in [3.63, 3.8) is 0 Å². The number of hydrogen-bond acceptors (Lipinski definition) is 5. The molecule has 29 heavy (non-hydrogen) atoms. The van der Waals surface area contributed by atoms with Gasteiger partial charge in [0.25, 0.3) is 0 Å². The number of nitrogens with one attached hydrogen (secondary N) is 1. The Balaban J connectivity index is 1.23. The standard InChI is InChI=1S/C22H29N3O4/c1-16(22(27)25-10-2-3-11-25)23-18-8-12-24(13-9-18)21(26)7-5-17-4-6-19-20(14-17)29-15-28-19/h4-7,14,16,18,23H,2-3,8-13,15H2,1H3/b7-5+. The third kappa shape index (κ3) is 4.72. The van der Waals surface area contributed by atoms with Gasteiger partial charge in [-0.3, -0.25) is 9.59 Å². The van der Waals surface area contributed by atoms with Crippen molar-refractivity contribution in [3.8, 4) is 11.5 Å². The zero-order valence-corrected chi connectivity index (χ0v) is 16.9. The number of carbonyl (C=O) groups is 2. The first-order chi connectivity index (χ1) is 14.1. The van der Waals surface area contributed by atoms with Crippen LogP contribution in [-0.4, -0.2) is 66.7 Å². The Kier molecular flexibility index (Phi) is 6.04. The molecule has 2 fully saturated rings. The minimum Gasteiger partial charge on any atom is -0.454 e. The molecule has 0 aromatic heterocycles. The molecule has 3 aliphatic rings. The monoisotopic (exact) mass is 399 g/mol. The van der Waals surface area contributed by atoms with Gasteiger partial charge in [0.05, 0.1) is 6.04 Å². The van der Waals surface area contributed by atoms with Crippen LogP contribution in [0.4, 0.5) is 0 Å². The van der Waals surface area contributed by atoms with E-state index >= 15 is 0 Å². The molecule has 0 aliphatic carbocycles. The summed E-state index contributed by atoms with van der Waals surface area (Å²) in [5.74, 6) is 1.67. The molecule has 2 saturated heterocycles. The van der Waals surface area contributed by atoms with Gasteiger partial charge < -0.3 is 24.6 Å². The summed E-state index contributed by atoms with van der Waals surface area (Å²) in [6, 6.07) is 5.76. The van der Waals surface area contributed by atoms with Crippen LogP contribution < -0.4 is 14.8 Å². The average Bonchev–Trinajstić information content (AvgIpc) is 3.43. The first-order valence-corrected chi connectivity index (χ1v) is 10.5. The summed E-state index contributed by atoms with van der Waals surface area (Å²) in [4.78, 5) is 28.8. The summed E-state index contributed by atoms with van der Waals surface area (Å²) in [7, 11) is 0. The largest absolute Gasteiger partial charge is 0.454 e. The van der Waals surface area contributed by atoms with Crippen molar-refractivity contribution in [2.45, 2.75) is 44.7 Å². The average molecular weight is 399 g/mol. The fraction of sp³-hybridized carbons (Fsp3) is 0.545. The van der Waals surface area contributed by atoms with Crippen LogP contribution in [0.3, 0.4) is 0 Å². The van der Waals surface area contributed by atoms with E-state index in [-0.39, 0.29) is 30.7 Å². The Hall–Kier alpha value is -2.54. The molecule has 156 valence electrons. The SMILES string of the molecule is CC(NC1CCN(C(=O)/C=C/c2ccc3c(c2)OCO3)CC1)C(=O)N1CCCC1. The molecule has 3 aliphatic heterocycles. The Morgan fingerprint density at radius 3 is 2.55 bits per heavy atom. The van der Waals surface area contributed by atoms with Gasteiger partial charge in [0.15, 0.2) is 11.5 Å². The molecule has 1 aromatic rings. The third-order valence-electron chi connectivity index (χ3n) is 5.90. The van der Waals surface area contributed by atoms with E-state index in [1.54, 1.807) is 6.08 Å². The van der Waals surface area contributed by atoms with Gasteiger partial charge >= 0.3 is 0 Å². The summed E-state index contributed by atoms with van der Waals surface area (Å²) >= 11 is 0. The van der Waals surface area contributed by atoms with Crippen LogP contribution in [0.25, 0.3) is 6.08 Å². The van der Waals surface area contributed by atoms with E-state index in [1.165, 1.54) is 0 Å². The van der Waals surface area contributed by atoms with Crippen molar-refractivity contribution in [2.75, 3.05) is 33.0 Å². The van der Waals surface area contributed by atoms with Crippen LogP contribution in [0.2, 0.25) is 0 Å². The summed E-state index contributed by atoms with van der Waals surface area (Å²) in [5, 5.41) is 3.46. The molecule has 4 rings (SSSR count). The lowest BCUT2D eigenvalue weighted by molar-refractivity contribution is -0.132. The van der Waals surface area contributed by atoms with Gasteiger partial charge in [-0.25, -0.2) is 0 Å². The molecule has 7 heteroatoms. The Bertz CT molecular complexity index is 780. The van der Waals surface area contributed by atoms with Gasteiger partial charge in [0, 0.05) is 38.3 Å². The molecular weight excluding hydrogens is 370 g/mol. The molecule has 3 heterocycles. The van der Waals surface area contributed by atoms with E-state index in [1.807, 2.05) is 41.0 Å². The Labute approximate surface area is 171 Å². The van der Waals surface area contributed by atoms with Crippen molar-refractivity contribution in [2.24, 2.45) is 0 Å². The number of rotatable bonds is 5. The van der Waals surface area contributed by atoms with E-state index in [9.17, 15) is 9.59 Å². The number of ether oxygens (including phenoxy) is 2. The smallest absolute Gasteiger partial charge is 0.246 e. The van der Waals surface area contributed by atoms with Crippen LogP contribution >= 0.6 is 0 Å². The highest BCUT2D eigenvalue weighted by Gasteiger charge is 2.27. The molecule has 1 N–H and O–H groups in total. The lowest BCUT2D eigenvalue weighted by atomic mass is 10.0. The highest BCUT2D eigenvalue weighted by Crippen LogP contribution is 2.32. The van der Waals surface area contributed by atoms with Gasteiger partial charge in [0.1, 0.15) is 0 Å². The van der Waals surface area contributed by atoms with E-state index < -0.39 is 0 Å². The predicted molar refractivity (Wildman–Crippen MR) is 110 cm³/mol. The molecule has 7 nitrogen and oxygen atoms in total. The maximum Gasteiger partial charge on any atom is 0.246 e. The van der Waals surface area contributed by atoms with E-state index in [4.69, 9.17) is 9.47 Å². The first-order valence-electron chi connectivity index (χ1n) is 10.5. The van der Waals surface area contributed by atoms with Crippen LogP contribution in [0.5, 0.6) is 11.5 Å². The van der Waals surface area contributed by atoms with Crippen molar-refractivity contribution >= 4 is 17.9 Å². The second kappa shape index (κ2) is 8.86.